The molecule has 0 atom stereocenters. The molecule has 1 N–H and O–H groups in total. The van der Waals surface area contributed by atoms with E-state index in [1.54, 1.807) is 12.1 Å². The molecule has 2 aromatic rings. The number of non-ortho nitro benzene ring substituents is 1. The van der Waals surface area contributed by atoms with E-state index in [2.05, 4.69) is 0 Å². The van der Waals surface area contributed by atoms with Crippen LogP contribution in [0.15, 0.2) is 42.5 Å². The van der Waals surface area contributed by atoms with Crippen molar-refractivity contribution in [3.63, 3.8) is 0 Å². The molecule has 92 valence electrons. The van der Waals surface area contributed by atoms with Crippen LogP contribution in [-0.2, 0) is 0 Å². The third-order valence-electron chi connectivity index (χ3n) is 2.20. The molecule has 0 aliphatic rings. The molecule has 0 fully saturated rings. The lowest BCUT2D eigenvalue weighted by molar-refractivity contribution is -0.384. The van der Waals surface area contributed by atoms with Gasteiger partial charge in [-0.25, -0.2) is 0 Å². The minimum atomic E-state index is -0.465. The zero-order valence-corrected chi connectivity index (χ0v) is 11.2. The fourth-order valence-electron chi connectivity index (χ4n) is 1.32. The molecule has 2 rings (SSSR count). The van der Waals surface area contributed by atoms with Gasteiger partial charge >= 0.3 is 0 Å². The van der Waals surface area contributed by atoms with Gasteiger partial charge in [0.2, 0.25) is 0 Å². The van der Waals surface area contributed by atoms with E-state index in [0.29, 0.717) is 15.1 Å². The standard InChI is InChI=1S/C12H8INO4/c13-11-7-10(5-6-12(11)15)18-9-3-1-8(2-4-9)14(16)17/h1-7,15H. The Balaban J connectivity index is 2.18. The fraction of sp³-hybridized carbons (Fsp3) is 0. The lowest BCUT2D eigenvalue weighted by atomic mass is 10.3. The highest BCUT2D eigenvalue weighted by Gasteiger charge is 2.06. The monoisotopic (exact) mass is 357 g/mol. The molecule has 0 spiro atoms. The van der Waals surface area contributed by atoms with Crippen LogP contribution in [0.1, 0.15) is 0 Å². The molecule has 0 heterocycles. The first-order chi connectivity index (χ1) is 8.56. The zero-order valence-electron chi connectivity index (χ0n) is 9.04. The summed E-state index contributed by atoms with van der Waals surface area (Å²) in [5.41, 5.74) is 0.0163. The Morgan fingerprint density at radius 3 is 2.28 bits per heavy atom. The summed E-state index contributed by atoms with van der Waals surface area (Å²) < 4.78 is 6.18. The van der Waals surface area contributed by atoms with E-state index in [9.17, 15) is 15.2 Å². The Morgan fingerprint density at radius 1 is 1.11 bits per heavy atom. The third-order valence-corrected chi connectivity index (χ3v) is 3.07. The van der Waals surface area contributed by atoms with Crippen molar-refractivity contribution in [2.24, 2.45) is 0 Å². The van der Waals surface area contributed by atoms with Crippen molar-refractivity contribution in [1.29, 1.82) is 0 Å². The van der Waals surface area contributed by atoms with Crippen molar-refractivity contribution < 1.29 is 14.8 Å². The number of halogens is 1. The van der Waals surface area contributed by atoms with Crippen LogP contribution < -0.4 is 4.74 Å². The number of nitro groups is 1. The number of aromatic hydroxyl groups is 1. The Kier molecular flexibility index (Phi) is 3.66. The molecule has 5 nitrogen and oxygen atoms in total. The maximum Gasteiger partial charge on any atom is 0.269 e. The Morgan fingerprint density at radius 2 is 1.72 bits per heavy atom. The van der Waals surface area contributed by atoms with Gasteiger partial charge in [-0.3, -0.25) is 10.1 Å². The Labute approximate surface area is 116 Å². The molecule has 0 amide bonds. The quantitative estimate of drug-likeness (QED) is 0.517. The first-order valence-corrected chi connectivity index (χ1v) is 6.05. The summed E-state index contributed by atoms with van der Waals surface area (Å²) in [6.07, 6.45) is 0. The smallest absolute Gasteiger partial charge is 0.269 e. The van der Waals surface area contributed by atoms with Crippen molar-refractivity contribution in [3.05, 3.63) is 56.1 Å². The van der Waals surface area contributed by atoms with Gasteiger partial charge in [-0.05, 0) is 52.9 Å². The van der Waals surface area contributed by atoms with Gasteiger partial charge in [0.1, 0.15) is 17.2 Å². The molecule has 0 aliphatic heterocycles. The zero-order chi connectivity index (χ0) is 13.1. The molecule has 0 aromatic heterocycles. The van der Waals surface area contributed by atoms with Crippen molar-refractivity contribution >= 4 is 28.3 Å². The van der Waals surface area contributed by atoms with Crippen LogP contribution in [0.2, 0.25) is 0 Å². The van der Waals surface area contributed by atoms with E-state index in [0.717, 1.165) is 0 Å². The van der Waals surface area contributed by atoms with Crippen LogP contribution in [0.25, 0.3) is 0 Å². The third kappa shape index (κ3) is 2.89. The van der Waals surface area contributed by atoms with Gasteiger partial charge in [0.25, 0.3) is 5.69 Å². The summed E-state index contributed by atoms with van der Waals surface area (Å²) in [6, 6.07) is 10.6. The van der Waals surface area contributed by atoms with E-state index in [1.165, 1.54) is 30.3 Å². The van der Waals surface area contributed by atoms with Crippen LogP contribution in [-0.4, -0.2) is 10.0 Å². The second kappa shape index (κ2) is 5.21. The highest BCUT2D eigenvalue weighted by Crippen LogP contribution is 2.28. The molecule has 0 radical (unpaired) electrons. The molecule has 0 saturated carbocycles. The van der Waals surface area contributed by atoms with Gasteiger partial charge in [-0.2, -0.15) is 0 Å². The number of phenolic OH excluding ortho intramolecular Hbond substituents is 1. The first-order valence-electron chi connectivity index (χ1n) is 4.97. The van der Waals surface area contributed by atoms with E-state index < -0.39 is 4.92 Å². The summed E-state index contributed by atoms with van der Waals surface area (Å²) in [5.74, 6) is 1.25. The summed E-state index contributed by atoms with van der Waals surface area (Å²) in [5, 5.41) is 19.9. The number of benzene rings is 2. The molecule has 2 aromatic carbocycles. The minimum absolute atomic E-state index is 0.0163. The Bertz CT molecular complexity index is 583. The topological polar surface area (TPSA) is 72.6 Å². The van der Waals surface area contributed by atoms with Gasteiger partial charge in [0.05, 0.1) is 8.49 Å². The fourth-order valence-corrected chi connectivity index (χ4v) is 1.81. The molecule has 6 heteroatoms. The maximum atomic E-state index is 10.5. The van der Waals surface area contributed by atoms with Gasteiger partial charge < -0.3 is 9.84 Å². The SMILES string of the molecule is O=[N+]([O-])c1ccc(Oc2ccc(O)c(I)c2)cc1. The van der Waals surface area contributed by atoms with Crippen molar-refractivity contribution in [3.8, 4) is 17.2 Å². The number of ether oxygens (including phenoxy) is 1. The Hall–Kier alpha value is -1.83. The summed E-state index contributed by atoms with van der Waals surface area (Å²) in [7, 11) is 0. The molecular formula is C12H8INO4. The highest BCUT2D eigenvalue weighted by atomic mass is 127. The average Bonchev–Trinajstić information content (AvgIpc) is 2.34. The number of nitro benzene ring substituents is 1. The van der Waals surface area contributed by atoms with Crippen LogP contribution in [0.3, 0.4) is 0 Å². The van der Waals surface area contributed by atoms with Crippen molar-refractivity contribution in [2.75, 3.05) is 0 Å². The van der Waals surface area contributed by atoms with Gasteiger partial charge in [-0.1, -0.05) is 0 Å². The van der Waals surface area contributed by atoms with Gasteiger partial charge in [0, 0.05) is 12.1 Å². The van der Waals surface area contributed by atoms with Crippen LogP contribution >= 0.6 is 22.6 Å². The van der Waals surface area contributed by atoms with Crippen molar-refractivity contribution in [1.82, 2.24) is 0 Å². The van der Waals surface area contributed by atoms with Gasteiger partial charge in [0.15, 0.2) is 0 Å². The summed E-state index contributed by atoms with van der Waals surface area (Å²) in [6.45, 7) is 0. The van der Waals surface area contributed by atoms with Crippen LogP contribution in [0, 0.1) is 13.7 Å². The van der Waals surface area contributed by atoms with E-state index in [1.807, 2.05) is 22.6 Å². The molecule has 18 heavy (non-hydrogen) atoms. The van der Waals surface area contributed by atoms with Gasteiger partial charge in [-0.15, -0.1) is 0 Å². The average molecular weight is 357 g/mol. The number of nitrogens with zero attached hydrogens (tertiary/aromatic N) is 1. The predicted octanol–water partition coefficient (Wildman–Crippen LogP) is 3.70. The molecular weight excluding hydrogens is 349 g/mol. The maximum absolute atomic E-state index is 10.5. The molecule has 0 aliphatic carbocycles. The summed E-state index contributed by atoms with van der Waals surface area (Å²) in [4.78, 5) is 10.0. The number of hydrogen-bond donors (Lipinski definition) is 1. The van der Waals surface area contributed by atoms with E-state index >= 15 is 0 Å². The highest BCUT2D eigenvalue weighted by molar-refractivity contribution is 14.1. The predicted molar refractivity (Wildman–Crippen MR) is 74.0 cm³/mol. The number of hydrogen-bond acceptors (Lipinski definition) is 4. The normalized spacial score (nSPS) is 10.1. The lowest BCUT2D eigenvalue weighted by Crippen LogP contribution is -1.88. The number of rotatable bonds is 3. The second-order valence-electron chi connectivity index (χ2n) is 3.47. The number of phenols is 1. The first kappa shape index (κ1) is 12.6. The lowest BCUT2D eigenvalue weighted by Gasteiger charge is -2.06. The summed E-state index contributed by atoms with van der Waals surface area (Å²) >= 11 is 1.99. The second-order valence-corrected chi connectivity index (χ2v) is 4.63. The van der Waals surface area contributed by atoms with E-state index in [4.69, 9.17) is 4.74 Å². The molecule has 0 unspecified atom stereocenters. The molecule has 0 saturated heterocycles. The van der Waals surface area contributed by atoms with E-state index in [-0.39, 0.29) is 11.4 Å². The molecule has 0 bridgehead atoms. The largest absolute Gasteiger partial charge is 0.507 e. The van der Waals surface area contributed by atoms with Crippen LogP contribution in [0.5, 0.6) is 17.2 Å². The van der Waals surface area contributed by atoms with Crippen LogP contribution in [0.4, 0.5) is 5.69 Å². The minimum Gasteiger partial charge on any atom is -0.507 e. The van der Waals surface area contributed by atoms with Crippen molar-refractivity contribution in [2.45, 2.75) is 0 Å².